The first-order valence-electron chi connectivity index (χ1n) is 3.47. The first-order valence-corrected chi connectivity index (χ1v) is 3.99. The number of nitrogens with zero attached hydrogens (tertiary/aromatic N) is 1. The summed E-state index contributed by atoms with van der Waals surface area (Å²) in [5, 5.41) is 7.55. The van der Waals surface area contributed by atoms with Crippen molar-refractivity contribution < 1.29 is 0 Å². The van der Waals surface area contributed by atoms with Gasteiger partial charge in [-0.3, -0.25) is 5.41 Å². The van der Waals surface area contributed by atoms with Crippen LogP contribution in [0, 0.1) is 5.41 Å². The number of hydrogen-bond acceptors (Lipinski definition) is 2. The quantitative estimate of drug-likeness (QED) is 0.270. The minimum atomic E-state index is 0.179. The third-order valence-electron chi connectivity index (χ3n) is 1.74. The lowest BCUT2D eigenvalue weighted by molar-refractivity contribution is 0.345. The second-order valence-corrected chi connectivity index (χ2v) is 3.36. The monoisotopic (exact) mass is 159 g/mol. The van der Waals surface area contributed by atoms with E-state index in [2.05, 4.69) is 12.6 Å². The van der Waals surface area contributed by atoms with Gasteiger partial charge in [0.25, 0.3) is 0 Å². The lowest BCUT2D eigenvalue weighted by Gasteiger charge is -2.30. The van der Waals surface area contributed by atoms with E-state index >= 15 is 0 Å². The zero-order chi connectivity index (χ0) is 7.56. The summed E-state index contributed by atoms with van der Waals surface area (Å²) in [4.78, 5) is 1.86. The van der Waals surface area contributed by atoms with Gasteiger partial charge in [-0.15, -0.1) is 0 Å². The van der Waals surface area contributed by atoms with Gasteiger partial charge in [0, 0.05) is 18.3 Å². The van der Waals surface area contributed by atoms with Gasteiger partial charge in [0.05, 0.1) is 0 Å². The van der Waals surface area contributed by atoms with Gasteiger partial charge in [0.2, 0.25) is 0 Å². The predicted molar refractivity (Wildman–Crippen MR) is 45.5 cm³/mol. The summed E-state index contributed by atoms with van der Waals surface area (Å²) in [6.45, 7) is 1.75. The Labute approximate surface area is 66.5 Å². The largest absolute Gasteiger partial charge is 0.370 e. The molecule has 1 fully saturated rings. The van der Waals surface area contributed by atoms with Crippen LogP contribution in [0.5, 0.6) is 0 Å². The van der Waals surface area contributed by atoms with Crippen LogP contribution < -0.4 is 5.73 Å². The van der Waals surface area contributed by atoms with Crippen molar-refractivity contribution in [3.05, 3.63) is 0 Å². The Morgan fingerprint density at radius 2 is 2.40 bits per heavy atom. The molecule has 4 heteroatoms. The summed E-state index contributed by atoms with van der Waals surface area (Å²) in [5.74, 6) is 0.179. The number of rotatable bonds is 0. The second kappa shape index (κ2) is 3.14. The minimum Gasteiger partial charge on any atom is -0.370 e. The summed E-state index contributed by atoms with van der Waals surface area (Å²) in [5.41, 5.74) is 5.30. The normalized spacial score (nSPS) is 26.5. The van der Waals surface area contributed by atoms with Gasteiger partial charge in [0.1, 0.15) is 0 Å². The molecule has 1 unspecified atom stereocenters. The summed E-state index contributed by atoms with van der Waals surface area (Å²) in [6, 6.07) is 0. The van der Waals surface area contributed by atoms with E-state index in [1.807, 2.05) is 4.90 Å². The molecular weight excluding hydrogens is 146 g/mol. The molecule has 1 heterocycles. The van der Waals surface area contributed by atoms with Crippen LogP contribution in [-0.2, 0) is 0 Å². The summed E-state index contributed by atoms with van der Waals surface area (Å²) < 4.78 is 0. The van der Waals surface area contributed by atoms with E-state index < -0.39 is 0 Å². The highest BCUT2D eigenvalue weighted by Gasteiger charge is 2.16. The van der Waals surface area contributed by atoms with E-state index in [9.17, 15) is 0 Å². The van der Waals surface area contributed by atoms with Crippen molar-refractivity contribution in [3.63, 3.8) is 0 Å². The Hall–Kier alpha value is -0.380. The smallest absolute Gasteiger partial charge is 0.188 e. The molecule has 0 radical (unpaired) electrons. The molecule has 0 bridgehead atoms. The molecule has 0 aliphatic carbocycles. The summed E-state index contributed by atoms with van der Waals surface area (Å²) in [6.07, 6.45) is 2.25. The minimum absolute atomic E-state index is 0.179. The van der Waals surface area contributed by atoms with Crippen LogP contribution in [0.2, 0.25) is 0 Å². The van der Waals surface area contributed by atoms with Crippen LogP contribution in [0.1, 0.15) is 12.8 Å². The molecular formula is C6H13N3S. The highest BCUT2D eigenvalue weighted by Crippen LogP contribution is 2.13. The number of likely N-dealkylation sites (tertiary alicyclic amines) is 1. The van der Waals surface area contributed by atoms with Crippen LogP contribution in [0.3, 0.4) is 0 Å². The van der Waals surface area contributed by atoms with Gasteiger partial charge >= 0.3 is 0 Å². The van der Waals surface area contributed by atoms with Crippen molar-refractivity contribution in [2.24, 2.45) is 5.73 Å². The third-order valence-corrected chi connectivity index (χ3v) is 2.16. The lowest BCUT2D eigenvalue weighted by atomic mass is 10.1. The maximum absolute atomic E-state index is 7.15. The average Bonchev–Trinajstić information content (AvgIpc) is 1.88. The number of nitrogens with one attached hydrogen (secondary N) is 1. The number of hydrogen-bond donors (Lipinski definition) is 3. The van der Waals surface area contributed by atoms with Gasteiger partial charge in [-0.1, -0.05) is 0 Å². The van der Waals surface area contributed by atoms with Gasteiger partial charge in [-0.2, -0.15) is 12.6 Å². The fourth-order valence-electron chi connectivity index (χ4n) is 1.17. The van der Waals surface area contributed by atoms with Gasteiger partial charge in [0.15, 0.2) is 5.96 Å². The fourth-order valence-corrected chi connectivity index (χ4v) is 1.55. The molecule has 1 aliphatic heterocycles. The van der Waals surface area contributed by atoms with Crippen LogP contribution in [0.25, 0.3) is 0 Å². The van der Waals surface area contributed by atoms with Gasteiger partial charge in [-0.05, 0) is 12.8 Å². The molecule has 1 atom stereocenters. The lowest BCUT2D eigenvalue weighted by Crippen LogP contribution is -2.43. The molecule has 1 saturated heterocycles. The fraction of sp³-hybridized carbons (Fsp3) is 0.833. The number of nitrogens with two attached hydrogens (primary N) is 1. The molecule has 0 spiro atoms. The van der Waals surface area contributed by atoms with Crippen LogP contribution in [0.15, 0.2) is 0 Å². The molecule has 3 N–H and O–H groups in total. The maximum Gasteiger partial charge on any atom is 0.188 e. The Morgan fingerprint density at radius 3 is 2.80 bits per heavy atom. The average molecular weight is 159 g/mol. The molecule has 58 valence electrons. The van der Waals surface area contributed by atoms with Crippen molar-refractivity contribution in [3.8, 4) is 0 Å². The molecule has 1 rings (SSSR count). The van der Waals surface area contributed by atoms with Crippen molar-refractivity contribution in [2.75, 3.05) is 13.1 Å². The zero-order valence-electron chi connectivity index (χ0n) is 5.88. The Morgan fingerprint density at radius 1 is 1.70 bits per heavy atom. The topological polar surface area (TPSA) is 53.1 Å². The zero-order valence-corrected chi connectivity index (χ0v) is 6.77. The summed E-state index contributed by atoms with van der Waals surface area (Å²) >= 11 is 4.32. The SMILES string of the molecule is N=C(N)N1CCCC(S)C1. The number of guanidine groups is 1. The van der Waals surface area contributed by atoms with Crippen molar-refractivity contribution in [2.45, 2.75) is 18.1 Å². The molecule has 0 aromatic carbocycles. The predicted octanol–water partition coefficient (Wildman–Crippen LogP) is 0.274. The van der Waals surface area contributed by atoms with Gasteiger partial charge < -0.3 is 10.6 Å². The summed E-state index contributed by atoms with van der Waals surface area (Å²) in [7, 11) is 0. The Kier molecular flexibility index (Phi) is 2.43. The molecule has 0 saturated carbocycles. The van der Waals surface area contributed by atoms with E-state index in [0.29, 0.717) is 5.25 Å². The van der Waals surface area contributed by atoms with Crippen LogP contribution >= 0.6 is 12.6 Å². The highest BCUT2D eigenvalue weighted by molar-refractivity contribution is 7.81. The van der Waals surface area contributed by atoms with Crippen LogP contribution in [-0.4, -0.2) is 29.2 Å². The highest BCUT2D eigenvalue weighted by atomic mass is 32.1. The molecule has 1 aliphatic rings. The van der Waals surface area contributed by atoms with Crippen LogP contribution in [0.4, 0.5) is 0 Å². The van der Waals surface area contributed by atoms with E-state index in [4.69, 9.17) is 11.1 Å². The Bertz CT molecular complexity index is 137. The second-order valence-electron chi connectivity index (χ2n) is 2.63. The third kappa shape index (κ3) is 1.80. The number of piperidine rings is 1. The van der Waals surface area contributed by atoms with E-state index in [-0.39, 0.29) is 5.96 Å². The first kappa shape index (κ1) is 7.72. The standard InChI is InChI=1S/C6H13N3S/c7-6(8)9-3-1-2-5(10)4-9/h5,10H,1-4H2,(H3,7,8). The first-order chi connectivity index (χ1) is 4.70. The van der Waals surface area contributed by atoms with E-state index in [1.54, 1.807) is 0 Å². The molecule has 10 heavy (non-hydrogen) atoms. The van der Waals surface area contributed by atoms with Crippen molar-refractivity contribution >= 4 is 18.6 Å². The maximum atomic E-state index is 7.15. The molecule has 0 aromatic heterocycles. The van der Waals surface area contributed by atoms with E-state index in [1.165, 1.54) is 0 Å². The van der Waals surface area contributed by atoms with Gasteiger partial charge in [-0.25, -0.2) is 0 Å². The number of thiol groups is 1. The van der Waals surface area contributed by atoms with Crippen molar-refractivity contribution in [1.29, 1.82) is 5.41 Å². The molecule has 0 amide bonds. The Balaban J connectivity index is 2.39. The molecule has 3 nitrogen and oxygen atoms in total. The molecule has 0 aromatic rings. The van der Waals surface area contributed by atoms with E-state index in [0.717, 1.165) is 25.9 Å². The van der Waals surface area contributed by atoms with Crippen molar-refractivity contribution in [1.82, 2.24) is 4.90 Å².